The first-order chi connectivity index (χ1) is 7.28. The predicted molar refractivity (Wildman–Crippen MR) is 60.6 cm³/mol. The van der Waals surface area contributed by atoms with E-state index in [4.69, 9.17) is 5.41 Å². The van der Waals surface area contributed by atoms with Crippen molar-refractivity contribution in [1.82, 2.24) is 9.97 Å². The van der Waals surface area contributed by atoms with Crippen molar-refractivity contribution in [3.63, 3.8) is 0 Å². The molecule has 80 valence electrons. The molecule has 0 bridgehead atoms. The lowest BCUT2D eigenvalue weighted by Crippen LogP contribution is -2.17. The first-order valence-electron chi connectivity index (χ1n) is 5.11. The maximum atomic E-state index is 7.53. The summed E-state index contributed by atoms with van der Waals surface area (Å²) < 4.78 is 0. The molecule has 1 saturated carbocycles. The Balaban J connectivity index is 2.01. The molecule has 1 aliphatic carbocycles. The summed E-state index contributed by atoms with van der Waals surface area (Å²) in [5, 5.41) is 13.7. The lowest BCUT2D eigenvalue weighted by atomic mass is 10.2. The normalized spacial score (nSPS) is 20.3. The van der Waals surface area contributed by atoms with E-state index in [-0.39, 0.29) is 0 Å². The molecular formula is C10H15N5. The summed E-state index contributed by atoms with van der Waals surface area (Å²) in [6.45, 7) is 0. The Bertz CT molecular complexity index is 363. The van der Waals surface area contributed by atoms with Gasteiger partial charge < -0.3 is 16.0 Å². The summed E-state index contributed by atoms with van der Waals surface area (Å²) in [6, 6.07) is 2.15. The van der Waals surface area contributed by atoms with Gasteiger partial charge in [-0.05, 0) is 18.9 Å². The Morgan fingerprint density at radius 3 is 3.07 bits per heavy atom. The SMILES string of the molecule is CNc1ccnc(N[C@@H]2CCC(=N)C2)n1. The van der Waals surface area contributed by atoms with Gasteiger partial charge in [-0.3, -0.25) is 0 Å². The second kappa shape index (κ2) is 4.25. The molecule has 1 aromatic heterocycles. The van der Waals surface area contributed by atoms with Crippen LogP contribution in [0.25, 0.3) is 0 Å². The number of rotatable bonds is 3. The highest BCUT2D eigenvalue weighted by molar-refractivity contribution is 5.84. The zero-order chi connectivity index (χ0) is 10.7. The molecular weight excluding hydrogens is 190 g/mol. The number of nitrogens with zero attached hydrogens (tertiary/aromatic N) is 2. The van der Waals surface area contributed by atoms with E-state index in [1.54, 1.807) is 6.20 Å². The third kappa shape index (κ3) is 2.43. The minimum Gasteiger partial charge on any atom is -0.373 e. The third-order valence-corrected chi connectivity index (χ3v) is 2.53. The monoisotopic (exact) mass is 205 g/mol. The van der Waals surface area contributed by atoms with E-state index < -0.39 is 0 Å². The van der Waals surface area contributed by atoms with Gasteiger partial charge in [-0.25, -0.2) is 4.98 Å². The highest BCUT2D eigenvalue weighted by atomic mass is 15.1. The molecule has 1 atom stereocenters. The Morgan fingerprint density at radius 2 is 2.40 bits per heavy atom. The molecule has 0 aromatic carbocycles. The van der Waals surface area contributed by atoms with Gasteiger partial charge >= 0.3 is 0 Å². The van der Waals surface area contributed by atoms with E-state index in [1.165, 1.54) is 0 Å². The van der Waals surface area contributed by atoms with Gasteiger partial charge in [-0.2, -0.15) is 4.98 Å². The van der Waals surface area contributed by atoms with Crippen LogP contribution in [-0.2, 0) is 0 Å². The molecule has 0 amide bonds. The molecule has 2 rings (SSSR count). The minimum absolute atomic E-state index is 0.324. The second-order valence-corrected chi connectivity index (χ2v) is 3.70. The van der Waals surface area contributed by atoms with Crippen molar-refractivity contribution in [2.45, 2.75) is 25.3 Å². The molecule has 0 saturated heterocycles. The second-order valence-electron chi connectivity index (χ2n) is 3.70. The fourth-order valence-electron chi connectivity index (χ4n) is 1.72. The predicted octanol–water partition coefficient (Wildman–Crippen LogP) is 1.50. The van der Waals surface area contributed by atoms with Gasteiger partial charge in [0.05, 0.1) is 0 Å². The fraction of sp³-hybridized carbons (Fsp3) is 0.500. The van der Waals surface area contributed by atoms with Gasteiger partial charge in [0.25, 0.3) is 0 Å². The van der Waals surface area contributed by atoms with Crippen molar-refractivity contribution >= 4 is 17.5 Å². The average molecular weight is 205 g/mol. The highest BCUT2D eigenvalue weighted by Crippen LogP contribution is 2.18. The molecule has 5 heteroatoms. The third-order valence-electron chi connectivity index (χ3n) is 2.53. The van der Waals surface area contributed by atoms with Crippen LogP contribution in [-0.4, -0.2) is 28.8 Å². The summed E-state index contributed by atoms with van der Waals surface area (Å²) in [5.41, 5.74) is 0.817. The van der Waals surface area contributed by atoms with Crippen LogP contribution in [0.1, 0.15) is 19.3 Å². The fourth-order valence-corrected chi connectivity index (χ4v) is 1.72. The number of hydrogen-bond donors (Lipinski definition) is 3. The highest BCUT2D eigenvalue weighted by Gasteiger charge is 2.19. The molecule has 1 heterocycles. The van der Waals surface area contributed by atoms with E-state index >= 15 is 0 Å². The Labute approximate surface area is 88.8 Å². The average Bonchev–Trinajstić information content (AvgIpc) is 2.64. The molecule has 15 heavy (non-hydrogen) atoms. The zero-order valence-electron chi connectivity index (χ0n) is 8.75. The topological polar surface area (TPSA) is 73.7 Å². The van der Waals surface area contributed by atoms with Crippen molar-refractivity contribution in [1.29, 1.82) is 5.41 Å². The van der Waals surface area contributed by atoms with Crippen LogP contribution in [0, 0.1) is 5.41 Å². The number of nitrogens with one attached hydrogen (secondary N) is 3. The van der Waals surface area contributed by atoms with Crippen molar-refractivity contribution in [2.24, 2.45) is 0 Å². The van der Waals surface area contributed by atoms with Gasteiger partial charge in [0.1, 0.15) is 5.82 Å². The first kappa shape index (κ1) is 9.89. The van der Waals surface area contributed by atoms with Crippen LogP contribution >= 0.6 is 0 Å². The van der Waals surface area contributed by atoms with E-state index in [9.17, 15) is 0 Å². The Morgan fingerprint density at radius 1 is 1.53 bits per heavy atom. The van der Waals surface area contributed by atoms with Crippen LogP contribution in [0.5, 0.6) is 0 Å². The molecule has 0 unspecified atom stereocenters. The van der Waals surface area contributed by atoms with E-state index in [0.717, 1.165) is 30.8 Å². The summed E-state index contributed by atoms with van der Waals surface area (Å²) in [4.78, 5) is 8.42. The summed E-state index contributed by atoms with van der Waals surface area (Å²) >= 11 is 0. The molecule has 1 aromatic rings. The number of anilines is 2. The van der Waals surface area contributed by atoms with Gasteiger partial charge in [-0.15, -0.1) is 0 Å². The van der Waals surface area contributed by atoms with Crippen molar-refractivity contribution in [2.75, 3.05) is 17.7 Å². The van der Waals surface area contributed by atoms with Crippen LogP contribution in [0.3, 0.4) is 0 Å². The summed E-state index contributed by atoms with van der Waals surface area (Å²) in [6.07, 6.45) is 4.43. The summed E-state index contributed by atoms with van der Waals surface area (Å²) in [5.74, 6) is 1.45. The first-order valence-corrected chi connectivity index (χ1v) is 5.11. The van der Waals surface area contributed by atoms with Gasteiger partial charge in [0, 0.05) is 31.4 Å². The summed E-state index contributed by atoms with van der Waals surface area (Å²) in [7, 11) is 1.83. The molecule has 3 N–H and O–H groups in total. The van der Waals surface area contributed by atoms with Crippen LogP contribution in [0.2, 0.25) is 0 Å². The molecule has 5 nitrogen and oxygen atoms in total. The van der Waals surface area contributed by atoms with Gasteiger partial charge in [0.2, 0.25) is 5.95 Å². The standard InChI is InChI=1S/C10H15N5/c1-12-9-4-5-13-10(15-9)14-8-3-2-7(11)6-8/h4-5,8,11H,2-3,6H2,1H3,(H2,12,13,14,15)/t8-/m1/s1. The van der Waals surface area contributed by atoms with Gasteiger partial charge in [-0.1, -0.05) is 0 Å². The number of hydrogen-bond acceptors (Lipinski definition) is 5. The molecule has 1 aliphatic rings. The molecule has 0 spiro atoms. The molecule has 0 aliphatic heterocycles. The Hall–Kier alpha value is -1.65. The largest absolute Gasteiger partial charge is 0.373 e. The quantitative estimate of drug-likeness (QED) is 0.699. The Kier molecular flexibility index (Phi) is 2.80. The smallest absolute Gasteiger partial charge is 0.224 e. The number of aromatic nitrogens is 2. The van der Waals surface area contributed by atoms with Crippen LogP contribution in [0.15, 0.2) is 12.3 Å². The van der Waals surface area contributed by atoms with E-state index in [1.807, 2.05) is 13.1 Å². The maximum absolute atomic E-state index is 7.53. The lowest BCUT2D eigenvalue weighted by molar-refractivity contribution is 0.752. The van der Waals surface area contributed by atoms with Crippen LogP contribution < -0.4 is 10.6 Å². The lowest BCUT2D eigenvalue weighted by Gasteiger charge is -2.11. The zero-order valence-corrected chi connectivity index (χ0v) is 8.75. The van der Waals surface area contributed by atoms with Crippen molar-refractivity contribution in [3.05, 3.63) is 12.3 Å². The van der Waals surface area contributed by atoms with E-state index in [2.05, 4.69) is 20.6 Å². The van der Waals surface area contributed by atoms with Gasteiger partial charge in [0.15, 0.2) is 0 Å². The van der Waals surface area contributed by atoms with E-state index in [0.29, 0.717) is 12.0 Å². The molecule has 1 fully saturated rings. The molecule has 0 radical (unpaired) electrons. The van der Waals surface area contributed by atoms with Crippen molar-refractivity contribution in [3.8, 4) is 0 Å². The maximum Gasteiger partial charge on any atom is 0.224 e. The van der Waals surface area contributed by atoms with Crippen molar-refractivity contribution < 1.29 is 0 Å². The minimum atomic E-state index is 0.324. The van der Waals surface area contributed by atoms with Crippen LogP contribution in [0.4, 0.5) is 11.8 Å².